The first kappa shape index (κ1) is 19.9. The van der Waals surface area contributed by atoms with Gasteiger partial charge in [0.15, 0.2) is 0 Å². The third-order valence-corrected chi connectivity index (χ3v) is 5.85. The molecular weight excluding hydrogens is 378 g/mol. The van der Waals surface area contributed by atoms with Gasteiger partial charge in [-0.05, 0) is 58.0 Å². The average molecular weight is 402 g/mol. The molecule has 1 amide bonds. The Hall–Kier alpha value is -2.84. The molecular formula is C20H24N3O4S+. The molecule has 0 aliphatic heterocycles. The largest absolute Gasteiger partial charge is 0.459 e. The van der Waals surface area contributed by atoms with Gasteiger partial charge in [-0.2, -0.15) is 0 Å². The first-order valence-electron chi connectivity index (χ1n) is 8.76. The van der Waals surface area contributed by atoms with Crippen molar-refractivity contribution < 1.29 is 23.8 Å². The summed E-state index contributed by atoms with van der Waals surface area (Å²) in [6, 6.07) is 13.4. The molecule has 8 heteroatoms. The number of hydrogen-bond donors (Lipinski definition) is 1. The lowest BCUT2D eigenvalue weighted by atomic mass is 10.2. The number of anilines is 1. The topological polar surface area (TPSA) is 96.3 Å². The molecule has 0 bridgehead atoms. The molecule has 3 rings (SSSR count). The summed E-state index contributed by atoms with van der Waals surface area (Å²) >= 11 is 0. The summed E-state index contributed by atoms with van der Waals surface area (Å²) in [5.74, 6) is 3.74. The smallest absolute Gasteiger partial charge is 0.440 e. The highest BCUT2D eigenvalue weighted by molar-refractivity contribution is 7.90. The van der Waals surface area contributed by atoms with E-state index in [2.05, 4.69) is 5.84 Å². The molecule has 0 fully saturated rings. The second-order valence-electron chi connectivity index (χ2n) is 7.58. The minimum Gasteiger partial charge on any atom is -0.440 e. The maximum absolute atomic E-state index is 13.1. The van der Waals surface area contributed by atoms with E-state index in [0.29, 0.717) is 11.2 Å². The standard InChI is InChI=1S/C20H23N3O4S/c1-14-5-9-17(10-6-14)28(25,26)22-12-11-15-7-8-16(13-18(15)22)23(21)19(24)27-20(2,3)4/h5-13H,21H2,1-4H3/p+1. The zero-order valence-corrected chi connectivity index (χ0v) is 17.2. The van der Waals surface area contributed by atoms with Gasteiger partial charge in [-0.3, -0.25) is 0 Å². The number of nitrogens with zero attached hydrogens (tertiary/aromatic N) is 2. The SMILES string of the molecule is Cc1ccc(S(=O)(=O)n2ccc3ccc(N([NH3+])C(=O)OC(C)(C)C)cc32)cc1. The summed E-state index contributed by atoms with van der Waals surface area (Å²) in [5, 5.41) is 1.84. The summed E-state index contributed by atoms with van der Waals surface area (Å²) in [4.78, 5) is 12.5. The number of amides is 1. The van der Waals surface area contributed by atoms with E-state index in [9.17, 15) is 13.2 Å². The van der Waals surface area contributed by atoms with E-state index in [1.165, 1.54) is 10.2 Å². The number of rotatable bonds is 3. The molecule has 2 aromatic carbocycles. The van der Waals surface area contributed by atoms with Crippen molar-refractivity contribution in [2.24, 2.45) is 0 Å². The Morgan fingerprint density at radius 2 is 1.71 bits per heavy atom. The number of fused-ring (bicyclic) bond motifs is 1. The normalized spacial score (nSPS) is 12.2. The number of aryl methyl sites for hydroxylation is 1. The Morgan fingerprint density at radius 3 is 2.32 bits per heavy atom. The molecule has 3 N–H and O–H groups in total. The van der Waals surface area contributed by atoms with E-state index >= 15 is 0 Å². The van der Waals surface area contributed by atoms with E-state index in [-0.39, 0.29) is 4.90 Å². The van der Waals surface area contributed by atoms with E-state index in [1.807, 2.05) is 6.92 Å². The van der Waals surface area contributed by atoms with Crippen LogP contribution in [-0.2, 0) is 14.8 Å². The highest BCUT2D eigenvalue weighted by atomic mass is 32.2. The van der Waals surface area contributed by atoms with Gasteiger partial charge >= 0.3 is 6.09 Å². The van der Waals surface area contributed by atoms with Crippen molar-refractivity contribution in [1.82, 2.24) is 3.97 Å². The second-order valence-corrected chi connectivity index (χ2v) is 9.40. The van der Waals surface area contributed by atoms with E-state index in [1.54, 1.807) is 69.3 Å². The van der Waals surface area contributed by atoms with Crippen molar-refractivity contribution in [3.05, 3.63) is 60.3 Å². The molecule has 28 heavy (non-hydrogen) atoms. The molecule has 0 unspecified atom stereocenters. The maximum Gasteiger partial charge on any atom is 0.459 e. The van der Waals surface area contributed by atoms with Gasteiger partial charge in [0.2, 0.25) is 0 Å². The number of quaternary nitrogens is 1. The number of ether oxygens (including phenoxy) is 1. The zero-order chi connectivity index (χ0) is 20.7. The van der Waals surface area contributed by atoms with Crippen LogP contribution in [0.4, 0.5) is 10.5 Å². The third-order valence-electron chi connectivity index (χ3n) is 4.14. The Kier molecular flexibility index (Phi) is 4.95. The minimum absolute atomic E-state index is 0.194. The van der Waals surface area contributed by atoms with Crippen molar-refractivity contribution in [3.8, 4) is 0 Å². The van der Waals surface area contributed by atoms with Crippen molar-refractivity contribution in [2.75, 3.05) is 5.01 Å². The van der Waals surface area contributed by atoms with Crippen LogP contribution >= 0.6 is 0 Å². The predicted molar refractivity (Wildman–Crippen MR) is 107 cm³/mol. The molecule has 0 atom stereocenters. The fourth-order valence-corrected chi connectivity index (χ4v) is 4.06. The van der Waals surface area contributed by atoms with Crippen molar-refractivity contribution >= 4 is 32.7 Å². The summed E-state index contributed by atoms with van der Waals surface area (Å²) in [7, 11) is -3.77. The summed E-state index contributed by atoms with van der Waals surface area (Å²) in [6.07, 6.45) is 0.885. The van der Waals surface area contributed by atoms with Crippen molar-refractivity contribution in [3.63, 3.8) is 0 Å². The van der Waals surface area contributed by atoms with Gasteiger partial charge in [0, 0.05) is 11.6 Å². The van der Waals surface area contributed by atoms with E-state index < -0.39 is 21.7 Å². The quantitative estimate of drug-likeness (QED) is 0.681. The van der Waals surface area contributed by atoms with E-state index in [0.717, 1.165) is 16.0 Å². The molecule has 0 saturated heterocycles. The summed E-state index contributed by atoms with van der Waals surface area (Å²) in [6.45, 7) is 7.19. The molecule has 1 heterocycles. The van der Waals surface area contributed by atoms with Crippen LogP contribution in [0.3, 0.4) is 0 Å². The fraction of sp³-hybridized carbons (Fsp3) is 0.250. The Labute approximate surface area is 164 Å². The molecule has 0 aliphatic rings. The van der Waals surface area contributed by atoms with E-state index in [4.69, 9.17) is 4.74 Å². The molecule has 7 nitrogen and oxygen atoms in total. The van der Waals surface area contributed by atoms with Gasteiger partial charge in [-0.15, -0.1) is 5.01 Å². The van der Waals surface area contributed by atoms with Gasteiger partial charge in [-0.25, -0.2) is 23.0 Å². The number of carbonyl (C=O) groups is 1. The van der Waals surface area contributed by atoms with Crippen LogP contribution in [0.1, 0.15) is 26.3 Å². The zero-order valence-electron chi connectivity index (χ0n) is 16.3. The van der Waals surface area contributed by atoms with Crippen LogP contribution in [-0.4, -0.2) is 24.1 Å². The highest BCUT2D eigenvalue weighted by Gasteiger charge is 2.25. The highest BCUT2D eigenvalue weighted by Crippen LogP contribution is 2.26. The molecule has 0 radical (unpaired) electrons. The predicted octanol–water partition coefficient (Wildman–Crippen LogP) is 3.09. The van der Waals surface area contributed by atoms with Crippen LogP contribution < -0.4 is 10.9 Å². The Bertz CT molecular complexity index is 1130. The number of aromatic nitrogens is 1. The number of benzene rings is 2. The average Bonchev–Trinajstić information content (AvgIpc) is 3.03. The van der Waals surface area contributed by atoms with Crippen molar-refractivity contribution in [2.45, 2.75) is 38.2 Å². The van der Waals surface area contributed by atoms with Gasteiger partial charge in [0.05, 0.1) is 10.4 Å². The van der Waals surface area contributed by atoms with Crippen LogP contribution in [0.5, 0.6) is 0 Å². The Morgan fingerprint density at radius 1 is 1.07 bits per heavy atom. The van der Waals surface area contributed by atoms with Crippen molar-refractivity contribution in [1.29, 1.82) is 0 Å². The number of hydrogen-bond acceptors (Lipinski definition) is 4. The monoisotopic (exact) mass is 402 g/mol. The van der Waals surface area contributed by atoms with Crippen LogP contribution in [0, 0.1) is 6.92 Å². The fourth-order valence-electron chi connectivity index (χ4n) is 2.72. The van der Waals surface area contributed by atoms with Crippen LogP contribution in [0.25, 0.3) is 10.9 Å². The maximum atomic E-state index is 13.1. The van der Waals surface area contributed by atoms with Crippen LogP contribution in [0.2, 0.25) is 0 Å². The second kappa shape index (κ2) is 6.96. The lowest BCUT2D eigenvalue weighted by molar-refractivity contribution is -0.374. The van der Waals surface area contributed by atoms with Gasteiger partial charge < -0.3 is 4.74 Å². The van der Waals surface area contributed by atoms with Gasteiger partial charge in [-0.1, -0.05) is 23.8 Å². The van der Waals surface area contributed by atoms with Gasteiger partial charge in [0.1, 0.15) is 11.3 Å². The lowest BCUT2D eigenvalue weighted by Gasteiger charge is -2.22. The summed E-state index contributed by atoms with van der Waals surface area (Å²) in [5.41, 5.74) is 1.20. The first-order chi connectivity index (χ1) is 13.0. The molecule has 1 aromatic heterocycles. The summed E-state index contributed by atoms with van der Waals surface area (Å²) < 4.78 is 32.7. The number of carbonyl (C=O) groups excluding carboxylic acids is 1. The van der Waals surface area contributed by atoms with Gasteiger partial charge in [0.25, 0.3) is 10.0 Å². The molecule has 3 aromatic rings. The molecule has 0 aliphatic carbocycles. The molecule has 0 spiro atoms. The van der Waals surface area contributed by atoms with Crippen LogP contribution in [0.15, 0.2) is 59.6 Å². The third kappa shape index (κ3) is 3.88. The Balaban J connectivity index is 2.03. The lowest BCUT2D eigenvalue weighted by Crippen LogP contribution is -2.71. The minimum atomic E-state index is -3.77. The molecule has 148 valence electrons. The first-order valence-corrected chi connectivity index (χ1v) is 10.2. The molecule has 0 saturated carbocycles.